The number of rotatable bonds is 8. The maximum Gasteiger partial charge on any atom is 0.322 e. The molecule has 27 heavy (non-hydrogen) atoms. The molecule has 0 bridgehead atoms. The van der Waals surface area contributed by atoms with Crippen molar-refractivity contribution in [1.82, 2.24) is 9.62 Å². The van der Waals surface area contributed by atoms with E-state index in [0.717, 1.165) is 15.1 Å². The van der Waals surface area contributed by atoms with E-state index in [4.69, 9.17) is 4.74 Å². The summed E-state index contributed by atoms with van der Waals surface area (Å²) in [6.07, 6.45) is 0.463. The molecule has 0 aliphatic rings. The number of likely N-dealkylation sites (N-methyl/N-ethyl adjacent to an activating group) is 1. The van der Waals surface area contributed by atoms with E-state index in [1.807, 2.05) is 24.3 Å². The van der Waals surface area contributed by atoms with Crippen molar-refractivity contribution >= 4 is 32.7 Å². The van der Waals surface area contributed by atoms with Gasteiger partial charge in [0, 0.05) is 13.6 Å². The van der Waals surface area contributed by atoms with Gasteiger partial charge in [-0.2, -0.15) is 4.31 Å². The van der Waals surface area contributed by atoms with Gasteiger partial charge in [0.1, 0.15) is 6.54 Å². The number of carbonyl (C=O) groups excluding carboxylic acids is 2. The van der Waals surface area contributed by atoms with E-state index in [0.29, 0.717) is 0 Å². The Hall–Kier alpha value is -2.71. The average molecular weight is 390 g/mol. The first-order valence-corrected chi connectivity index (χ1v) is 9.73. The summed E-state index contributed by atoms with van der Waals surface area (Å²) in [7, 11) is -2.59. The molecule has 144 valence electrons. The molecule has 0 aliphatic heterocycles. The third kappa shape index (κ3) is 5.15. The quantitative estimate of drug-likeness (QED) is 0.547. The largest absolute Gasteiger partial charge is 0.452 e. The van der Waals surface area contributed by atoms with Crippen LogP contribution in [0.4, 0.5) is 0 Å². The minimum atomic E-state index is -3.88. The molecule has 0 saturated heterocycles. The monoisotopic (exact) mass is 390 g/mol. The van der Waals surface area contributed by atoms with E-state index in [-0.39, 0.29) is 11.4 Å². The number of hydrogen-bond acceptors (Lipinski definition) is 5. The van der Waals surface area contributed by atoms with Gasteiger partial charge in [-0.1, -0.05) is 36.4 Å². The summed E-state index contributed by atoms with van der Waals surface area (Å²) in [5, 5.41) is 4.19. The van der Waals surface area contributed by atoms with E-state index >= 15 is 0 Å². The van der Waals surface area contributed by atoms with Gasteiger partial charge >= 0.3 is 5.97 Å². The number of carbonyl (C=O) groups is 2. The molecule has 1 amide bonds. The van der Waals surface area contributed by atoms with Gasteiger partial charge in [0.05, 0.1) is 4.90 Å². The summed E-state index contributed by atoms with van der Waals surface area (Å²) >= 11 is 0. The molecule has 0 aliphatic carbocycles. The highest BCUT2D eigenvalue weighted by Gasteiger charge is 2.25. The smallest absolute Gasteiger partial charge is 0.322 e. The molecule has 7 nitrogen and oxygen atoms in total. The van der Waals surface area contributed by atoms with E-state index in [1.165, 1.54) is 26.1 Å². The molecular formula is C19H22N2O5S. The molecule has 0 heterocycles. The van der Waals surface area contributed by atoms with Crippen LogP contribution in [0.1, 0.15) is 6.92 Å². The SMILES string of the molecule is C=CCNC(=O)[C@@H](C)OC(=O)CN(C)S(=O)(=O)c1ccc2ccccc2c1. The number of esters is 1. The molecule has 0 unspecified atom stereocenters. The van der Waals surface area contributed by atoms with Gasteiger partial charge in [-0.05, 0) is 29.8 Å². The maximum absolute atomic E-state index is 12.7. The van der Waals surface area contributed by atoms with Crippen LogP contribution in [0.2, 0.25) is 0 Å². The van der Waals surface area contributed by atoms with E-state index < -0.39 is 34.5 Å². The number of ether oxygens (including phenoxy) is 1. The third-order valence-electron chi connectivity index (χ3n) is 3.88. The molecule has 1 atom stereocenters. The van der Waals surface area contributed by atoms with Crippen LogP contribution < -0.4 is 5.32 Å². The van der Waals surface area contributed by atoms with Crippen LogP contribution in [0.25, 0.3) is 10.8 Å². The lowest BCUT2D eigenvalue weighted by Gasteiger charge is -2.18. The molecule has 2 rings (SSSR count). The summed E-state index contributed by atoms with van der Waals surface area (Å²) in [5.74, 6) is -1.30. The molecular weight excluding hydrogens is 368 g/mol. The highest BCUT2D eigenvalue weighted by molar-refractivity contribution is 7.89. The van der Waals surface area contributed by atoms with Crippen molar-refractivity contribution in [2.24, 2.45) is 0 Å². The van der Waals surface area contributed by atoms with Crippen molar-refractivity contribution in [3.8, 4) is 0 Å². The summed E-state index contributed by atoms with van der Waals surface area (Å²) in [5.41, 5.74) is 0. The Bertz CT molecular complexity index is 955. The molecule has 0 fully saturated rings. The van der Waals surface area contributed by atoms with Crippen molar-refractivity contribution in [2.45, 2.75) is 17.9 Å². The zero-order valence-electron chi connectivity index (χ0n) is 15.2. The van der Waals surface area contributed by atoms with Crippen LogP contribution in [0.15, 0.2) is 60.0 Å². The zero-order chi connectivity index (χ0) is 20.0. The Morgan fingerprint density at radius 3 is 2.56 bits per heavy atom. The van der Waals surface area contributed by atoms with Crippen molar-refractivity contribution in [3.63, 3.8) is 0 Å². The van der Waals surface area contributed by atoms with Crippen LogP contribution in [-0.4, -0.2) is 50.8 Å². The standard InChI is InChI=1S/C19H22N2O5S/c1-4-11-20-19(23)14(2)26-18(22)13-21(3)27(24,25)17-10-9-15-7-5-6-8-16(15)12-17/h4-10,12,14H,1,11,13H2,2-3H3,(H,20,23)/t14-/m1/s1. The lowest BCUT2D eigenvalue weighted by molar-refractivity contribution is -0.154. The molecule has 8 heteroatoms. The fraction of sp³-hybridized carbons (Fsp3) is 0.263. The van der Waals surface area contributed by atoms with Crippen LogP contribution in [-0.2, 0) is 24.3 Å². The Balaban J connectivity index is 2.06. The number of nitrogens with one attached hydrogen (secondary N) is 1. The van der Waals surface area contributed by atoms with Crippen molar-refractivity contribution < 1.29 is 22.7 Å². The molecule has 2 aromatic carbocycles. The van der Waals surface area contributed by atoms with Gasteiger partial charge < -0.3 is 10.1 Å². The number of amides is 1. The molecule has 0 saturated carbocycles. The fourth-order valence-corrected chi connectivity index (χ4v) is 3.53. The topological polar surface area (TPSA) is 92.8 Å². The van der Waals surface area contributed by atoms with Crippen molar-refractivity contribution in [1.29, 1.82) is 0 Å². The number of nitrogens with zero attached hydrogens (tertiary/aromatic N) is 1. The van der Waals surface area contributed by atoms with Gasteiger partial charge in [0.2, 0.25) is 10.0 Å². The van der Waals surface area contributed by atoms with E-state index in [9.17, 15) is 18.0 Å². The summed E-state index contributed by atoms with van der Waals surface area (Å²) in [6.45, 7) is 4.62. The second kappa shape index (κ2) is 8.79. The molecule has 2 aromatic rings. The van der Waals surface area contributed by atoms with E-state index in [2.05, 4.69) is 11.9 Å². The molecule has 0 spiro atoms. The number of fused-ring (bicyclic) bond motifs is 1. The second-order valence-corrected chi connectivity index (χ2v) is 7.98. The first-order valence-electron chi connectivity index (χ1n) is 8.29. The third-order valence-corrected chi connectivity index (χ3v) is 5.68. The Kier molecular flexibility index (Phi) is 6.70. The van der Waals surface area contributed by atoms with Gasteiger partial charge in [-0.25, -0.2) is 8.42 Å². The van der Waals surface area contributed by atoms with Crippen molar-refractivity contribution in [2.75, 3.05) is 20.1 Å². The van der Waals surface area contributed by atoms with Crippen LogP contribution >= 0.6 is 0 Å². The van der Waals surface area contributed by atoms with Crippen LogP contribution in [0.3, 0.4) is 0 Å². The lowest BCUT2D eigenvalue weighted by Crippen LogP contribution is -2.39. The predicted octanol–water partition coefficient (Wildman–Crippen LogP) is 1.69. The van der Waals surface area contributed by atoms with Crippen LogP contribution in [0, 0.1) is 0 Å². The molecule has 0 radical (unpaired) electrons. The highest BCUT2D eigenvalue weighted by atomic mass is 32.2. The van der Waals surface area contributed by atoms with Gasteiger partial charge in [-0.3, -0.25) is 9.59 Å². The lowest BCUT2D eigenvalue weighted by atomic mass is 10.1. The summed E-state index contributed by atoms with van der Waals surface area (Å²) in [4.78, 5) is 23.8. The Labute approximate surface area is 158 Å². The second-order valence-electron chi connectivity index (χ2n) is 5.94. The minimum Gasteiger partial charge on any atom is -0.452 e. The first-order chi connectivity index (χ1) is 12.8. The van der Waals surface area contributed by atoms with Gasteiger partial charge in [0.25, 0.3) is 5.91 Å². The van der Waals surface area contributed by atoms with Crippen molar-refractivity contribution in [3.05, 3.63) is 55.1 Å². The molecule has 1 N–H and O–H groups in total. The first kappa shape index (κ1) is 20.6. The summed E-state index contributed by atoms with van der Waals surface area (Å²) < 4.78 is 31.3. The number of sulfonamides is 1. The number of hydrogen-bond donors (Lipinski definition) is 1. The average Bonchev–Trinajstić information content (AvgIpc) is 2.65. The summed E-state index contributed by atoms with van der Waals surface area (Å²) in [6, 6.07) is 12.1. The molecule has 0 aromatic heterocycles. The Morgan fingerprint density at radius 2 is 1.89 bits per heavy atom. The fourth-order valence-electron chi connectivity index (χ4n) is 2.38. The van der Waals surface area contributed by atoms with Gasteiger partial charge in [0.15, 0.2) is 6.10 Å². The maximum atomic E-state index is 12.7. The Morgan fingerprint density at radius 1 is 1.22 bits per heavy atom. The van der Waals surface area contributed by atoms with Crippen LogP contribution in [0.5, 0.6) is 0 Å². The normalized spacial score (nSPS) is 12.6. The minimum absolute atomic E-state index is 0.0771. The predicted molar refractivity (Wildman–Crippen MR) is 103 cm³/mol. The highest BCUT2D eigenvalue weighted by Crippen LogP contribution is 2.21. The van der Waals surface area contributed by atoms with Gasteiger partial charge in [-0.15, -0.1) is 6.58 Å². The zero-order valence-corrected chi connectivity index (χ0v) is 16.0. The van der Waals surface area contributed by atoms with E-state index in [1.54, 1.807) is 12.1 Å². The number of benzene rings is 2.